The minimum atomic E-state index is -0.147. The van der Waals surface area contributed by atoms with E-state index in [1.807, 2.05) is 12.1 Å². The van der Waals surface area contributed by atoms with Crippen LogP contribution in [0.2, 0.25) is 0 Å². The predicted molar refractivity (Wildman–Crippen MR) is 76.6 cm³/mol. The predicted octanol–water partition coefficient (Wildman–Crippen LogP) is 1.77. The van der Waals surface area contributed by atoms with Gasteiger partial charge in [0.1, 0.15) is 5.82 Å². The first-order chi connectivity index (χ1) is 9.02. The van der Waals surface area contributed by atoms with Gasteiger partial charge in [0.2, 0.25) is 0 Å². The highest BCUT2D eigenvalue weighted by molar-refractivity contribution is 5.27. The summed E-state index contributed by atoms with van der Waals surface area (Å²) in [6.45, 7) is 7.68. The third-order valence-electron chi connectivity index (χ3n) is 4.22. The number of hydrogen-bond acceptors (Lipinski definition) is 3. The molecular formula is C15H24FN3. The standard InChI is InChI=1S/C15H24FN3/c1-11-8-13(4-5-14(11)16)15(9-17)19-7-6-18(3)12(2)10-19/h4-5,8,12,15H,6-7,9-10,17H2,1-3H3. The van der Waals surface area contributed by atoms with Crippen molar-refractivity contribution in [2.75, 3.05) is 33.2 Å². The molecule has 1 saturated heterocycles. The van der Waals surface area contributed by atoms with Gasteiger partial charge in [0.15, 0.2) is 0 Å². The van der Waals surface area contributed by atoms with Gasteiger partial charge in [-0.1, -0.05) is 12.1 Å². The third kappa shape index (κ3) is 3.14. The zero-order valence-electron chi connectivity index (χ0n) is 12.1. The summed E-state index contributed by atoms with van der Waals surface area (Å²) in [4.78, 5) is 4.78. The van der Waals surface area contributed by atoms with E-state index in [9.17, 15) is 4.39 Å². The molecule has 1 fully saturated rings. The second kappa shape index (κ2) is 5.99. The first-order valence-corrected chi connectivity index (χ1v) is 6.93. The Kier molecular flexibility index (Phi) is 4.55. The molecular weight excluding hydrogens is 241 g/mol. The maximum atomic E-state index is 13.4. The molecule has 0 saturated carbocycles. The molecule has 1 aliphatic rings. The number of likely N-dealkylation sites (N-methyl/N-ethyl adjacent to an activating group) is 1. The van der Waals surface area contributed by atoms with Gasteiger partial charge in [0.25, 0.3) is 0 Å². The summed E-state index contributed by atoms with van der Waals surface area (Å²) < 4.78 is 13.4. The number of nitrogens with zero attached hydrogens (tertiary/aromatic N) is 2. The van der Waals surface area contributed by atoms with Gasteiger partial charge in [-0.3, -0.25) is 4.90 Å². The molecule has 0 aliphatic carbocycles. The Morgan fingerprint density at radius 1 is 1.42 bits per heavy atom. The SMILES string of the molecule is Cc1cc(C(CN)N2CCN(C)C(C)C2)ccc1F. The summed E-state index contributed by atoms with van der Waals surface area (Å²) in [7, 11) is 2.15. The van der Waals surface area contributed by atoms with E-state index in [0.717, 1.165) is 25.2 Å². The van der Waals surface area contributed by atoms with Crippen molar-refractivity contribution in [3.05, 3.63) is 35.1 Å². The van der Waals surface area contributed by atoms with Crippen LogP contribution in [0.3, 0.4) is 0 Å². The van der Waals surface area contributed by atoms with Crippen LogP contribution in [-0.2, 0) is 0 Å². The molecule has 1 aromatic rings. The normalized spacial score (nSPS) is 23.5. The van der Waals surface area contributed by atoms with E-state index in [-0.39, 0.29) is 11.9 Å². The zero-order valence-corrected chi connectivity index (χ0v) is 12.1. The van der Waals surface area contributed by atoms with Crippen LogP contribution in [0.15, 0.2) is 18.2 Å². The van der Waals surface area contributed by atoms with Gasteiger partial charge in [0, 0.05) is 38.3 Å². The number of halogens is 1. The van der Waals surface area contributed by atoms with E-state index >= 15 is 0 Å². The summed E-state index contributed by atoms with van der Waals surface area (Å²) in [5, 5.41) is 0. The minimum Gasteiger partial charge on any atom is -0.329 e. The van der Waals surface area contributed by atoms with Crippen molar-refractivity contribution in [1.82, 2.24) is 9.80 Å². The molecule has 0 amide bonds. The van der Waals surface area contributed by atoms with Crippen LogP contribution >= 0.6 is 0 Å². The first kappa shape index (κ1) is 14.4. The topological polar surface area (TPSA) is 32.5 Å². The van der Waals surface area contributed by atoms with Crippen LogP contribution in [0, 0.1) is 12.7 Å². The van der Waals surface area contributed by atoms with Gasteiger partial charge in [-0.15, -0.1) is 0 Å². The number of benzene rings is 1. The van der Waals surface area contributed by atoms with Crippen LogP contribution in [0.5, 0.6) is 0 Å². The van der Waals surface area contributed by atoms with E-state index in [0.29, 0.717) is 18.2 Å². The molecule has 1 aromatic carbocycles. The highest BCUT2D eigenvalue weighted by Crippen LogP contribution is 2.24. The zero-order chi connectivity index (χ0) is 14.0. The first-order valence-electron chi connectivity index (χ1n) is 6.93. The molecule has 4 heteroatoms. The Morgan fingerprint density at radius 2 is 2.16 bits per heavy atom. The Bertz CT molecular complexity index is 435. The molecule has 0 bridgehead atoms. The summed E-state index contributed by atoms with van der Waals surface area (Å²) in [6.07, 6.45) is 0. The Morgan fingerprint density at radius 3 is 2.74 bits per heavy atom. The largest absolute Gasteiger partial charge is 0.329 e. The fourth-order valence-corrected chi connectivity index (χ4v) is 2.73. The fourth-order valence-electron chi connectivity index (χ4n) is 2.73. The highest BCUT2D eigenvalue weighted by Gasteiger charge is 2.26. The van der Waals surface area contributed by atoms with Crippen LogP contribution in [-0.4, -0.2) is 49.1 Å². The second-order valence-electron chi connectivity index (χ2n) is 5.58. The van der Waals surface area contributed by atoms with E-state index in [1.54, 1.807) is 13.0 Å². The number of aryl methyl sites for hydroxylation is 1. The summed E-state index contributed by atoms with van der Waals surface area (Å²) in [5.41, 5.74) is 7.77. The van der Waals surface area contributed by atoms with Crippen molar-refractivity contribution in [3.8, 4) is 0 Å². The molecule has 0 aromatic heterocycles. The number of nitrogens with two attached hydrogens (primary N) is 1. The van der Waals surface area contributed by atoms with Crippen LogP contribution in [0.25, 0.3) is 0 Å². The van der Waals surface area contributed by atoms with E-state index in [1.165, 1.54) is 0 Å². The summed E-state index contributed by atoms with van der Waals surface area (Å²) in [5.74, 6) is -0.147. The lowest BCUT2D eigenvalue weighted by atomic mass is 10.0. The number of rotatable bonds is 3. The molecule has 0 spiro atoms. The van der Waals surface area contributed by atoms with Crippen molar-refractivity contribution in [2.45, 2.75) is 25.9 Å². The van der Waals surface area contributed by atoms with E-state index in [2.05, 4.69) is 23.8 Å². The van der Waals surface area contributed by atoms with Crippen LogP contribution in [0.4, 0.5) is 4.39 Å². The van der Waals surface area contributed by atoms with E-state index < -0.39 is 0 Å². The lowest BCUT2D eigenvalue weighted by Crippen LogP contribution is -2.52. The summed E-state index contributed by atoms with van der Waals surface area (Å²) >= 11 is 0. The molecule has 106 valence electrons. The van der Waals surface area contributed by atoms with Crippen molar-refractivity contribution < 1.29 is 4.39 Å². The lowest BCUT2D eigenvalue weighted by Gasteiger charge is -2.41. The maximum Gasteiger partial charge on any atom is 0.126 e. The van der Waals surface area contributed by atoms with E-state index in [4.69, 9.17) is 5.73 Å². The summed E-state index contributed by atoms with van der Waals surface area (Å²) in [6, 6.07) is 6.06. The highest BCUT2D eigenvalue weighted by atomic mass is 19.1. The number of hydrogen-bond donors (Lipinski definition) is 1. The average Bonchev–Trinajstić information content (AvgIpc) is 2.39. The van der Waals surface area contributed by atoms with Crippen molar-refractivity contribution in [3.63, 3.8) is 0 Å². The van der Waals surface area contributed by atoms with Gasteiger partial charge < -0.3 is 10.6 Å². The fraction of sp³-hybridized carbons (Fsp3) is 0.600. The molecule has 1 aliphatic heterocycles. The average molecular weight is 265 g/mol. The molecule has 3 nitrogen and oxygen atoms in total. The third-order valence-corrected chi connectivity index (χ3v) is 4.22. The minimum absolute atomic E-state index is 0.147. The number of piperazine rings is 1. The maximum absolute atomic E-state index is 13.4. The molecule has 0 radical (unpaired) electrons. The molecule has 2 atom stereocenters. The molecule has 2 unspecified atom stereocenters. The van der Waals surface area contributed by atoms with Crippen LogP contribution < -0.4 is 5.73 Å². The Balaban J connectivity index is 2.17. The quantitative estimate of drug-likeness (QED) is 0.904. The second-order valence-corrected chi connectivity index (χ2v) is 5.58. The smallest absolute Gasteiger partial charge is 0.126 e. The van der Waals surface area contributed by atoms with Gasteiger partial charge >= 0.3 is 0 Å². The Hall–Kier alpha value is -0.970. The molecule has 1 heterocycles. The van der Waals surface area contributed by atoms with Crippen molar-refractivity contribution >= 4 is 0 Å². The lowest BCUT2D eigenvalue weighted by molar-refractivity contribution is 0.0741. The van der Waals surface area contributed by atoms with Crippen molar-refractivity contribution in [2.24, 2.45) is 5.73 Å². The van der Waals surface area contributed by atoms with Gasteiger partial charge in [-0.25, -0.2) is 4.39 Å². The molecule has 2 N–H and O–H groups in total. The van der Waals surface area contributed by atoms with Crippen LogP contribution in [0.1, 0.15) is 24.1 Å². The Labute approximate surface area is 115 Å². The van der Waals surface area contributed by atoms with Gasteiger partial charge in [0.05, 0.1) is 0 Å². The monoisotopic (exact) mass is 265 g/mol. The molecule has 2 rings (SSSR count). The van der Waals surface area contributed by atoms with Crippen molar-refractivity contribution in [1.29, 1.82) is 0 Å². The van der Waals surface area contributed by atoms with Gasteiger partial charge in [-0.05, 0) is 38.1 Å². The molecule has 19 heavy (non-hydrogen) atoms. The van der Waals surface area contributed by atoms with Gasteiger partial charge in [-0.2, -0.15) is 0 Å².